The maximum absolute atomic E-state index is 12.3. The largest absolute Gasteiger partial charge is 0.481 e. The number of carboxylic acid groups (broad SMARTS) is 1. The van der Waals surface area contributed by atoms with E-state index in [1.807, 2.05) is 0 Å². The molecule has 0 bridgehead atoms. The molecule has 1 heterocycles. The molecule has 0 aliphatic carbocycles. The summed E-state index contributed by atoms with van der Waals surface area (Å²) in [6.07, 6.45) is 2.06. The summed E-state index contributed by atoms with van der Waals surface area (Å²) in [5, 5.41) is 9.49. The summed E-state index contributed by atoms with van der Waals surface area (Å²) in [5.74, 6) is -1.11. The molecule has 1 aliphatic rings. The van der Waals surface area contributed by atoms with E-state index < -0.39 is 5.97 Å². The molecule has 1 aliphatic heterocycles. The van der Waals surface area contributed by atoms with Gasteiger partial charge in [0.25, 0.3) is 5.91 Å². The second-order valence-electron chi connectivity index (χ2n) is 4.50. The first-order valence-electron chi connectivity index (χ1n) is 6.30. The Bertz CT molecular complexity index is 676. The van der Waals surface area contributed by atoms with E-state index in [1.165, 1.54) is 16.7 Å². The molecule has 0 unspecified atom stereocenters. The van der Waals surface area contributed by atoms with E-state index in [0.29, 0.717) is 32.2 Å². The highest BCUT2D eigenvalue weighted by atomic mass is 35.5. The van der Waals surface area contributed by atoms with Crippen molar-refractivity contribution in [1.82, 2.24) is 4.90 Å². The van der Waals surface area contributed by atoms with Crippen LogP contribution in [0, 0.1) is 0 Å². The standard InChI is InChI=1S/C14H11Cl2NO3S2/c15-9-4-3-8(6-10(9)16)7-11-13(20)17(14(21)22-11)5-1-2-12(18)19/h3-4,6-7H,1-2,5H2,(H,18,19)/b11-7-. The Kier molecular flexibility index (Phi) is 5.86. The van der Waals surface area contributed by atoms with Gasteiger partial charge in [0, 0.05) is 13.0 Å². The van der Waals surface area contributed by atoms with E-state index >= 15 is 0 Å². The van der Waals surface area contributed by atoms with Crippen LogP contribution in [0.3, 0.4) is 0 Å². The van der Waals surface area contributed by atoms with Crippen LogP contribution in [0.25, 0.3) is 6.08 Å². The van der Waals surface area contributed by atoms with Gasteiger partial charge in [-0.2, -0.15) is 0 Å². The molecular weight excluding hydrogens is 365 g/mol. The van der Waals surface area contributed by atoms with Gasteiger partial charge in [-0.05, 0) is 30.2 Å². The second-order valence-corrected chi connectivity index (χ2v) is 6.99. The van der Waals surface area contributed by atoms with Gasteiger partial charge in [0.15, 0.2) is 0 Å². The fourth-order valence-corrected chi connectivity index (χ4v) is 3.45. The zero-order valence-corrected chi connectivity index (χ0v) is 14.4. The van der Waals surface area contributed by atoms with Gasteiger partial charge in [-0.1, -0.05) is 53.2 Å². The predicted molar refractivity (Wildman–Crippen MR) is 93.2 cm³/mol. The number of nitrogens with zero attached hydrogens (tertiary/aromatic N) is 1. The summed E-state index contributed by atoms with van der Waals surface area (Å²) in [4.78, 5) is 24.7. The summed E-state index contributed by atoms with van der Waals surface area (Å²) < 4.78 is 0.432. The van der Waals surface area contributed by atoms with Crippen molar-refractivity contribution in [2.45, 2.75) is 12.8 Å². The van der Waals surface area contributed by atoms with Gasteiger partial charge in [-0.25, -0.2) is 0 Å². The smallest absolute Gasteiger partial charge is 0.303 e. The number of benzene rings is 1. The monoisotopic (exact) mass is 375 g/mol. The van der Waals surface area contributed by atoms with Gasteiger partial charge < -0.3 is 5.11 Å². The summed E-state index contributed by atoms with van der Waals surface area (Å²) in [7, 11) is 0. The molecule has 0 saturated carbocycles. The maximum Gasteiger partial charge on any atom is 0.303 e. The number of halogens is 2. The number of thioether (sulfide) groups is 1. The quantitative estimate of drug-likeness (QED) is 0.621. The number of hydrogen-bond donors (Lipinski definition) is 1. The molecular formula is C14H11Cl2NO3S2. The third kappa shape index (κ3) is 4.23. The lowest BCUT2D eigenvalue weighted by Crippen LogP contribution is -2.29. The molecule has 1 amide bonds. The minimum absolute atomic E-state index is 0.00288. The fraction of sp³-hybridized carbons (Fsp3) is 0.214. The minimum atomic E-state index is -0.892. The summed E-state index contributed by atoms with van der Waals surface area (Å²) in [6, 6.07) is 5.08. The van der Waals surface area contributed by atoms with Gasteiger partial charge in [0.05, 0.1) is 15.0 Å². The van der Waals surface area contributed by atoms with Crippen LogP contribution in [0.5, 0.6) is 0 Å². The summed E-state index contributed by atoms with van der Waals surface area (Å²) in [5.41, 5.74) is 0.750. The number of thiocarbonyl (C=S) groups is 1. The van der Waals surface area contributed by atoms with Crippen LogP contribution >= 0.6 is 47.2 Å². The molecule has 1 saturated heterocycles. The molecule has 0 atom stereocenters. The highest BCUT2D eigenvalue weighted by Gasteiger charge is 2.31. The fourth-order valence-electron chi connectivity index (χ4n) is 1.83. The van der Waals surface area contributed by atoms with Crippen LogP contribution in [-0.4, -0.2) is 32.7 Å². The Labute approximate surface area is 147 Å². The number of carboxylic acids is 1. The van der Waals surface area contributed by atoms with Crippen molar-refractivity contribution >= 4 is 69.5 Å². The molecule has 1 N–H and O–H groups in total. The number of carbonyl (C=O) groups is 2. The van der Waals surface area contributed by atoms with Crippen LogP contribution in [0.2, 0.25) is 10.0 Å². The van der Waals surface area contributed by atoms with Crippen LogP contribution in [-0.2, 0) is 9.59 Å². The van der Waals surface area contributed by atoms with Gasteiger partial charge in [-0.3, -0.25) is 14.5 Å². The van der Waals surface area contributed by atoms with Gasteiger partial charge in [-0.15, -0.1) is 0 Å². The van der Waals surface area contributed by atoms with Crippen LogP contribution in [0.1, 0.15) is 18.4 Å². The van der Waals surface area contributed by atoms with Crippen LogP contribution in [0.15, 0.2) is 23.1 Å². The van der Waals surface area contributed by atoms with Crippen LogP contribution in [0.4, 0.5) is 0 Å². The molecule has 8 heteroatoms. The number of aliphatic carboxylic acids is 1. The minimum Gasteiger partial charge on any atom is -0.481 e. The normalized spacial score (nSPS) is 16.6. The first-order chi connectivity index (χ1) is 10.4. The van der Waals surface area contributed by atoms with E-state index in [4.69, 9.17) is 40.5 Å². The Hall–Kier alpha value is -1.08. The Balaban J connectivity index is 2.11. The number of carbonyl (C=O) groups excluding carboxylic acids is 1. The molecule has 0 spiro atoms. The molecule has 0 radical (unpaired) electrons. The number of hydrogen-bond acceptors (Lipinski definition) is 4. The van der Waals surface area contributed by atoms with Crippen molar-refractivity contribution in [3.05, 3.63) is 38.7 Å². The van der Waals surface area contributed by atoms with E-state index in [9.17, 15) is 9.59 Å². The molecule has 1 aromatic rings. The average Bonchev–Trinajstić information content (AvgIpc) is 2.70. The van der Waals surface area contributed by atoms with Crippen molar-refractivity contribution < 1.29 is 14.7 Å². The van der Waals surface area contributed by atoms with E-state index in [2.05, 4.69) is 0 Å². The lowest BCUT2D eigenvalue weighted by atomic mass is 10.2. The van der Waals surface area contributed by atoms with E-state index in [1.54, 1.807) is 24.3 Å². The third-order valence-corrected chi connectivity index (χ3v) is 5.00. The Morgan fingerprint density at radius 2 is 2.09 bits per heavy atom. The summed E-state index contributed by atoms with van der Waals surface area (Å²) in [6.45, 7) is 0.301. The molecule has 1 aromatic carbocycles. The molecule has 1 fully saturated rings. The van der Waals surface area contributed by atoms with Gasteiger partial charge in [0.2, 0.25) is 0 Å². The predicted octanol–water partition coefficient (Wildman–Crippen LogP) is 4.06. The van der Waals surface area contributed by atoms with E-state index in [0.717, 1.165) is 5.56 Å². The van der Waals surface area contributed by atoms with Crippen molar-refractivity contribution in [2.24, 2.45) is 0 Å². The van der Waals surface area contributed by atoms with Crippen molar-refractivity contribution in [3.63, 3.8) is 0 Å². The maximum atomic E-state index is 12.3. The molecule has 116 valence electrons. The highest BCUT2D eigenvalue weighted by Crippen LogP contribution is 2.33. The van der Waals surface area contributed by atoms with Gasteiger partial charge >= 0.3 is 5.97 Å². The number of amides is 1. The van der Waals surface area contributed by atoms with Crippen molar-refractivity contribution in [1.29, 1.82) is 0 Å². The SMILES string of the molecule is O=C(O)CCCN1C(=O)/C(=C/c2ccc(Cl)c(Cl)c2)SC1=S. The zero-order valence-electron chi connectivity index (χ0n) is 11.2. The van der Waals surface area contributed by atoms with Crippen molar-refractivity contribution in [2.75, 3.05) is 6.54 Å². The van der Waals surface area contributed by atoms with Crippen LogP contribution < -0.4 is 0 Å². The Morgan fingerprint density at radius 3 is 2.73 bits per heavy atom. The number of rotatable bonds is 5. The summed E-state index contributed by atoms with van der Waals surface area (Å²) >= 11 is 18.2. The lowest BCUT2D eigenvalue weighted by Gasteiger charge is -2.13. The average molecular weight is 376 g/mol. The third-order valence-electron chi connectivity index (χ3n) is 2.89. The second kappa shape index (κ2) is 7.46. The Morgan fingerprint density at radius 1 is 1.36 bits per heavy atom. The zero-order chi connectivity index (χ0) is 16.3. The molecule has 22 heavy (non-hydrogen) atoms. The first-order valence-corrected chi connectivity index (χ1v) is 8.29. The van der Waals surface area contributed by atoms with E-state index in [-0.39, 0.29) is 12.3 Å². The molecule has 4 nitrogen and oxygen atoms in total. The molecule has 2 rings (SSSR count). The van der Waals surface area contributed by atoms with Crippen molar-refractivity contribution in [3.8, 4) is 0 Å². The highest BCUT2D eigenvalue weighted by molar-refractivity contribution is 8.26. The van der Waals surface area contributed by atoms with Gasteiger partial charge in [0.1, 0.15) is 4.32 Å². The lowest BCUT2D eigenvalue weighted by molar-refractivity contribution is -0.137. The topological polar surface area (TPSA) is 57.6 Å². The first kappa shape index (κ1) is 17.3. The molecule has 0 aromatic heterocycles.